The van der Waals surface area contributed by atoms with Gasteiger partial charge in [0.2, 0.25) is 0 Å². The van der Waals surface area contributed by atoms with Crippen molar-refractivity contribution in [2.24, 2.45) is 11.8 Å². The van der Waals surface area contributed by atoms with Crippen LogP contribution in [0, 0.1) is 11.8 Å². The molecule has 1 saturated heterocycles. The highest BCUT2D eigenvalue weighted by Crippen LogP contribution is 2.35. The first kappa shape index (κ1) is 22.0. The van der Waals surface area contributed by atoms with Gasteiger partial charge in [-0.05, 0) is 36.0 Å². The third-order valence-corrected chi connectivity index (χ3v) is 5.63. The van der Waals surface area contributed by atoms with Crippen molar-refractivity contribution in [3.8, 4) is 11.5 Å². The number of nitrogens with one attached hydrogen (secondary N) is 2. The summed E-state index contributed by atoms with van der Waals surface area (Å²) in [5.74, 6) is 1.74. The van der Waals surface area contributed by atoms with E-state index in [2.05, 4.69) is 29.4 Å². The lowest BCUT2D eigenvalue weighted by Crippen LogP contribution is -2.50. The molecule has 0 aliphatic carbocycles. The van der Waals surface area contributed by atoms with E-state index in [4.69, 9.17) is 14.2 Å². The van der Waals surface area contributed by atoms with Crippen LogP contribution in [-0.2, 0) is 9.53 Å². The summed E-state index contributed by atoms with van der Waals surface area (Å²) < 4.78 is 15.8. The van der Waals surface area contributed by atoms with Crippen molar-refractivity contribution in [2.75, 3.05) is 41.0 Å². The highest BCUT2D eigenvalue weighted by Gasteiger charge is 2.35. The third kappa shape index (κ3) is 4.70. The second-order valence-electron chi connectivity index (χ2n) is 8.17. The maximum Gasteiger partial charge on any atom is 0.338 e. The molecule has 0 aromatic heterocycles. The van der Waals surface area contributed by atoms with Crippen LogP contribution in [0.4, 0.5) is 4.79 Å². The maximum atomic E-state index is 12.8. The number of nitrogens with zero attached hydrogens (tertiary/aromatic N) is 1. The number of amides is 2. The molecule has 1 aromatic carbocycles. The van der Waals surface area contributed by atoms with Crippen molar-refractivity contribution < 1.29 is 23.8 Å². The molecule has 2 aliphatic heterocycles. The summed E-state index contributed by atoms with van der Waals surface area (Å²) in [5.41, 5.74) is 1.68. The predicted molar refractivity (Wildman–Crippen MR) is 112 cm³/mol. The third-order valence-electron chi connectivity index (χ3n) is 5.63. The molecule has 1 fully saturated rings. The lowest BCUT2D eigenvalue weighted by atomic mass is 9.91. The van der Waals surface area contributed by atoms with E-state index >= 15 is 0 Å². The van der Waals surface area contributed by atoms with Crippen LogP contribution in [0.2, 0.25) is 0 Å². The van der Waals surface area contributed by atoms with Crippen molar-refractivity contribution >= 4 is 12.0 Å². The van der Waals surface area contributed by atoms with Crippen LogP contribution in [-0.4, -0.2) is 57.9 Å². The summed E-state index contributed by atoms with van der Waals surface area (Å²) in [7, 11) is 4.45. The Hall–Kier alpha value is -2.74. The molecule has 2 aliphatic rings. The van der Waals surface area contributed by atoms with Crippen LogP contribution in [0.25, 0.3) is 0 Å². The van der Waals surface area contributed by atoms with Gasteiger partial charge in [0.25, 0.3) is 0 Å². The van der Waals surface area contributed by atoms with Gasteiger partial charge in [0, 0.05) is 25.3 Å². The van der Waals surface area contributed by atoms with E-state index in [9.17, 15) is 9.59 Å². The average molecular weight is 418 g/mol. The average Bonchev–Trinajstić information content (AvgIpc) is 2.71. The van der Waals surface area contributed by atoms with Gasteiger partial charge in [-0.2, -0.15) is 0 Å². The highest BCUT2D eigenvalue weighted by molar-refractivity contribution is 5.95. The molecule has 0 spiro atoms. The molecule has 30 heavy (non-hydrogen) atoms. The molecule has 3 atom stereocenters. The van der Waals surface area contributed by atoms with Crippen molar-refractivity contribution in [2.45, 2.75) is 26.3 Å². The first-order valence-corrected chi connectivity index (χ1v) is 10.2. The fourth-order valence-corrected chi connectivity index (χ4v) is 4.52. The van der Waals surface area contributed by atoms with Gasteiger partial charge in [0.05, 0.1) is 32.9 Å². The smallest absolute Gasteiger partial charge is 0.338 e. The molecule has 0 saturated carbocycles. The number of methoxy groups -OCH3 is 3. The van der Waals surface area contributed by atoms with E-state index in [1.165, 1.54) is 13.5 Å². The van der Waals surface area contributed by atoms with Crippen LogP contribution in [0.3, 0.4) is 0 Å². The zero-order chi connectivity index (χ0) is 21.8. The van der Waals surface area contributed by atoms with E-state index < -0.39 is 12.0 Å². The minimum atomic E-state index is -0.652. The lowest BCUT2D eigenvalue weighted by molar-refractivity contribution is -0.136. The van der Waals surface area contributed by atoms with E-state index in [1.54, 1.807) is 26.4 Å². The normalized spacial score (nSPS) is 24.7. The predicted octanol–water partition coefficient (Wildman–Crippen LogP) is 2.46. The number of benzene rings is 1. The Labute approximate surface area is 177 Å². The van der Waals surface area contributed by atoms with Crippen molar-refractivity contribution in [1.82, 2.24) is 15.5 Å². The minimum absolute atomic E-state index is 0.351. The topological polar surface area (TPSA) is 89.1 Å². The summed E-state index contributed by atoms with van der Waals surface area (Å²) >= 11 is 0. The number of hydrogen-bond acceptors (Lipinski definition) is 6. The second kappa shape index (κ2) is 9.38. The Bertz CT molecular complexity index is 828. The molecule has 0 unspecified atom stereocenters. The van der Waals surface area contributed by atoms with Gasteiger partial charge in [-0.1, -0.05) is 19.9 Å². The maximum absolute atomic E-state index is 12.8. The summed E-state index contributed by atoms with van der Waals surface area (Å²) in [6, 6.07) is 4.32. The van der Waals surface area contributed by atoms with Crippen molar-refractivity contribution in [3.05, 3.63) is 35.0 Å². The first-order chi connectivity index (χ1) is 14.4. The van der Waals surface area contributed by atoms with E-state index in [1.807, 2.05) is 6.07 Å². The first-order valence-electron chi connectivity index (χ1n) is 10.2. The van der Waals surface area contributed by atoms with Crippen LogP contribution in [0.1, 0.15) is 31.9 Å². The Morgan fingerprint density at radius 2 is 1.77 bits per heavy atom. The molecule has 2 heterocycles. The van der Waals surface area contributed by atoms with Gasteiger partial charge < -0.3 is 24.8 Å². The number of carbonyl (C=O) groups excluding carboxylic acids is 2. The molecule has 164 valence electrons. The zero-order valence-electron chi connectivity index (χ0n) is 18.3. The fraction of sp³-hybridized carbons (Fsp3) is 0.545. The highest BCUT2D eigenvalue weighted by atomic mass is 16.5. The van der Waals surface area contributed by atoms with Crippen molar-refractivity contribution in [3.63, 3.8) is 0 Å². The number of carbonyl (C=O) groups is 2. The van der Waals surface area contributed by atoms with E-state index in [0.29, 0.717) is 46.7 Å². The number of ether oxygens (including phenoxy) is 3. The Morgan fingerprint density at radius 1 is 1.10 bits per heavy atom. The van der Waals surface area contributed by atoms with Crippen LogP contribution in [0.15, 0.2) is 29.5 Å². The van der Waals surface area contributed by atoms with Crippen LogP contribution in [0.5, 0.6) is 11.5 Å². The number of esters is 1. The molecule has 8 nitrogen and oxygen atoms in total. The van der Waals surface area contributed by atoms with Gasteiger partial charge in [-0.25, -0.2) is 9.59 Å². The number of rotatable bonds is 6. The van der Waals surface area contributed by atoms with E-state index in [-0.39, 0.29) is 6.03 Å². The van der Waals surface area contributed by atoms with Crippen molar-refractivity contribution in [1.29, 1.82) is 0 Å². The monoisotopic (exact) mass is 417 g/mol. The lowest BCUT2D eigenvalue weighted by Gasteiger charge is -2.37. The standard InChI is InChI=1S/C22H31N3O5/c1-13-8-14(2)11-25(10-13)12-16-19(21(26)30-5)20(24-22(27)23-16)15-6-7-17(28-3)18(9-15)29-4/h6-7,9,13-14,20H,8,10-12H2,1-5H3,(H2,23,24,27)/t13-,14+,20-/m0/s1. The minimum Gasteiger partial charge on any atom is -0.493 e. The molecular weight excluding hydrogens is 386 g/mol. The molecule has 0 radical (unpaired) electrons. The number of urea groups is 1. The fourth-order valence-electron chi connectivity index (χ4n) is 4.52. The molecular formula is C22H31N3O5. The Kier molecular flexibility index (Phi) is 6.87. The van der Waals surface area contributed by atoms with Gasteiger partial charge in [0.15, 0.2) is 11.5 Å². The quantitative estimate of drug-likeness (QED) is 0.692. The molecule has 0 bridgehead atoms. The number of piperidine rings is 1. The summed E-state index contributed by atoms with van der Waals surface area (Å²) in [5, 5.41) is 5.69. The summed E-state index contributed by atoms with van der Waals surface area (Å²) in [4.78, 5) is 27.5. The second-order valence-corrected chi connectivity index (χ2v) is 8.17. The van der Waals surface area contributed by atoms with Gasteiger partial charge in [-0.3, -0.25) is 4.90 Å². The van der Waals surface area contributed by atoms with Gasteiger partial charge in [-0.15, -0.1) is 0 Å². The Balaban J connectivity index is 2.00. The number of hydrogen-bond donors (Lipinski definition) is 2. The number of likely N-dealkylation sites (tertiary alicyclic amines) is 1. The Morgan fingerprint density at radius 3 is 2.37 bits per heavy atom. The summed E-state index contributed by atoms with van der Waals surface area (Å²) in [6.45, 7) is 6.78. The molecule has 2 amide bonds. The van der Waals surface area contributed by atoms with Gasteiger partial charge >= 0.3 is 12.0 Å². The van der Waals surface area contributed by atoms with Crippen LogP contribution < -0.4 is 20.1 Å². The SMILES string of the molecule is COC(=O)C1=C(CN2C[C@H](C)C[C@H](C)C2)NC(=O)N[C@H]1c1ccc(OC)c(OC)c1. The molecule has 2 N–H and O–H groups in total. The molecule has 8 heteroatoms. The molecule has 1 aromatic rings. The summed E-state index contributed by atoms with van der Waals surface area (Å²) in [6.07, 6.45) is 1.18. The van der Waals surface area contributed by atoms with Gasteiger partial charge in [0.1, 0.15) is 0 Å². The van der Waals surface area contributed by atoms with Crippen LogP contribution >= 0.6 is 0 Å². The molecule has 3 rings (SSSR count). The zero-order valence-corrected chi connectivity index (χ0v) is 18.3. The van der Waals surface area contributed by atoms with E-state index in [0.717, 1.165) is 13.1 Å². The largest absolute Gasteiger partial charge is 0.493 e.